The van der Waals surface area contributed by atoms with Crippen molar-refractivity contribution in [1.29, 1.82) is 0 Å². The summed E-state index contributed by atoms with van der Waals surface area (Å²) >= 11 is 0. The van der Waals surface area contributed by atoms with E-state index in [0.29, 0.717) is 17.9 Å². The molecular formula is C10H16O. The van der Waals surface area contributed by atoms with Crippen LogP contribution in [-0.2, 0) is 4.74 Å². The summed E-state index contributed by atoms with van der Waals surface area (Å²) in [6, 6.07) is 0. The molecule has 0 aromatic rings. The van der Waals surface area contributed by atoms with Crippen molar-refractivity contribution in [3.8, 4) is 0 Å². The summed E-state index contributed by atoms with van der Waals surface area (Å²) < 4.78 is 13.3. The lowest BCUT2D eigenvalue weighted by atomic mass is 9.90. The number of hydrogen-bond donors (Lipinski definition) is 0. The molecule has 1 nitrogen and oxygen atoms in total. The molecule has 0 unspecified atom stereocenters. The van der Waals surface area contributed by atoms with E-state index in [0.717, 1.165) is 6.42 Å². The highest BCUT2D eigenvalue weighted by Crippen LogP contribution is 2.35. The summed E-state index contributed by atoms with van der Waals surface area (Å²) in [7, 11) is 1.77. The van der Waals surface area contributed by atoms with Crippen molar-refractivity contribution in [3.63, 3.8) is 0 Å². The smallest absolute Gasteiger partial charge is 0.0634 e. The van der Waals surface area contributed by atoms with Crippen LogP contribution in [0.1, 0.15) is 27.0 Å². The fourth-order valence-electron chi connectivity index (χ4n) is 2.12. The summed E-state index contributed by atoms with van der Waals surface area (Å²) in [5.41, 5.74) is 0. The Morgan fingerprint density at radius 3 is 2.91 bits per heavy atom. The van der Waals surface area contributed by atoms with Gasteiger partial charge in [-0.3, -0.25) is 0 Å². The molecule has 0 radical (unpaired) electrons. The Balaban J connectivity index is 2.17. The molecule has 0 aliphatic heterocycles. The zero-order valence-electron chi connectivity index (χ0n) is 7.99. The van der Waals surface area contributed by atoms with E-state index in [1.165, 1.54) is 12.8 Å². The Morgan fingerprint density at radius 2 is 2.27 bits per heavy atom. The maximum atomic E-state index is 7.90. The fraction of sp³-hybridized carbons (Fsp3) is 0.800. The summed E-state index contributed by atoms with van der Waals surface area (Å²) in [5, 5.41) is 0. The predicted molar refractivity (Wildman–Crippen MR) is 45.4 cm³/mol. The van der Waals surface area contributed by atoms with E-state index in [1.54, 1.807) is 7.11 Å². The van der Waals surface area contributed by atoms with Crippen LogP contribution in [0.3, 0.4) is 0 Å². The van der Waals surface area contributed by atoms with Gasteiger partial charge in [0.1, 0.15) is 0 Å². The lowest BCUT2D eigenvalue weighted by molar-refractivity contribution is 0.0642. The van der Waals surface area contributed by atoms with Crippen molar-refractivity contribution in [2.75, 3.05) is 7.11 Å². The minimum Gasteiger partial charge on any atom is -0.381 e. The maximum Gasteiger partial charge on any atom is 0.0634 e. The highest BCUT2D eigenvalue weighted by Gasteiger charge is 2.27. The number of hydrogen-bond acceptors (Lipinski definition) is 1. The highest BCUT2D eigenvalue weighted by atomic mass is 16.5. The molecule has 2 bridgehead atoms. The molecule has 3 aliphatic rings. The Bertz CT molecular complexity index is 190. The molecule has 0 saturated heterocycles. The van der Waals surface area contributed by atoms with E-state index in [2.05, 4.69) is 12.2 Å². The quantitative estimate of drug-likeness (QED) is 0.525. The average molecular weight is 153 g/mol. The van der Waals surface area contributed by atoms with E-state index in [1.807, 2.05) is 0 Å². The summed E-state index contributed by atoms with van der Waals surface area (Å²) in [5.74, 6) is 1.09. The highest BCUT2D eigenvalue weighted by molar-refractivity contribution is 5.03. The number of ether oxygens (including phenoxy) is 1. The van der Waals surface area contributed by atoms with E-state index >= 15 is 0 Å². The first-order chi connectivity index (χ1) is 5.81. The number of allylic oxidation sites excluding steroid dienone is 1. The van der Waals surface area contributed by atoms with Crippen molar-refractivity contribution in [1.82, 2.24) is 0 Å². The van der Waals surface area contributed by atoms with Crippen molar-refractivity contribution in [2.24, 2.45) is 11.8 Å². The van der Waals surface area contributed by atoms with Crippen LogP contribution in [0, 0.1) is 11.8 Å². The van der Waals surface area contributed by atoms with Crippen LogP contribution in [0.2, 0.25) is 0 Å². The average Bonchev–Trinajstić information content (AvgIpc) is 2.36. The SMILES string of the molecule is [2H][C@H]1C[C@H](OC)[C@H]2C=C[C@@H]1CC2. The van der Waals surface area contributed by atoms with Gasteiger partial charge in [-0.2, -0.15) is 0 Å². The van der Waals surface area contributed by atoms with Crippen LogP contribution < -0.4 is 0 Å². The summed E-state index contributed by atoms with van der Waals surface area (Å²) in [4.78, 5) is 0. The fourth-order valence-corrected chi connectivity index (χ4v) is 2.12. The first-order valence-corrected chi connectivity index (χ1v) is 4.44. The van der Waals surface area contributed by atoms with E-state index in [9.17, 15) is 0 Å². The second-order valence-corrected chi connectivity index (χ2v) is 3.54. The number of fused-ring (bicyclic) bond motifs is 3. The Kier molecular flexibility index (Phi) is 1.69. The second-order valence-electron chi connectivity index (χ2n) is 3.54. The van der Waals surface area contributed by atoms with Gasteiger partial charge in [-0.15, -0.1) is 0 Å². The van der Waals surface area contributed by atoms with Gasteiger partial charge >= 0.3 is 0 Å². The standard InChI is InChI=1S/C10H16O/c1-11-10-7-4-8-2-5-9(10)6-3-8/h2,5,8-10H,3-4,6-7H2,1H3/t8-,9+,10+/m1/s1/i4D/t4-,8+,9-,10-/m0. The molecule has 0 spiro atoms. The normalized spacial score (nSPS) is 50.5. The number of methoxy groups -OCH3 is 1. The van der Waals surface area contributed by atoms with Gasteiger partial charge in [-0.1, -0.05) is 12.2 Å². The molecule has 1 heteroatoms. The Hall–Kier alpha value is -0.300. The molecular weight excluding hydrogens is 136 g/mol. The molecule has 3 aliphatic carbocycles. The van der Waals surface area contributed by atoms with E-state index in [-0.39, 0.29) is 6.40 Å². The molecule has 3 rings (SSSR count). The Labute approximate surface area is 69.8 Å². The Morgan fingerprint density at radius 1 is 1.36 bits per heavy atom. The van der Waals surface area contributed by atoms with Crippen molar-refractivity contribution >= 4 is 0 Å². The van der Waals surface area contributed by atoms with Gasteiger partial charge in [0, 0.05) is 14.4 Å². The van der Waals surface area contributed by atoms with Gasteiger partial charge in [-0.25, -0.2) is 0 Å². The third-order valence-corrected chi connectivity index (χ3v) is 2.89. The molecule has 62 valence electrons. The summed E-state index contributed by atoms with van der Waals surface area (Å²) in [6.07, 6.45) is 8.18. The molecule has 0 aromatic heterocycles. The van der Waals surface area contributed by atoms with Crippen molar-refractivity contribution in [2.45, 2.75) is 31.8 Å². The van der Waals surface area contributed by atoms with Crippen LogP contribution in [0.25, 0.3) is 0 Å². The van der Waals surface area contributed by atoms with Gasteiger partial charge in [0.05, 0.1) is 6.10 Å². The van der Waals surface area contributed by atoms with Crippen molar-refractivity contribution < 1.29 is 6.11 Å². The van der Waals surface area contributed by atoms with Crippen molar-refractivity contribution in [3.05, 3.63) is 12.2 Å². The van der Waals surface area contributed by atoms with Gasteiger partial charge < -0.3 is 4.74 Å². The summed E-state index contributed by atoms with van der Waals surface area (Å²) in [6.45, 7) is 0. The van der Waals surface area contributed by atoms with Gasteiger partial charge in [0.25, 0.3) is 0 Å². The molecule has 11 heavy (non-hydrogen) atoms. The third-order valence-electron chi connectivity index (χ3n) is 2.89. The molecule has 0 N–H and O–H groups in total. The largest absolute Gasteiger partial charge is 0.381 e. The maximum absolute atomic E-state index is 7.90. The first-order valence-electron chi connectivity index (χ1n) is 5.02. The van der Waals surface area contributed by atoms with Crippen LogP contribution in [0.4, 0.5) is 0 Å². The molecule has 0 heterocycles. The molecule has 0 aromatic carbocycles. The molecule has 4 atom stereocenters. The van der Waals surface area contributed by atoms with Crippen LogP contribution in [-0.4, -0.2) is 13.2 Å². The first kappa shape index (κ1) is 6.24. The van der Waals surface area contributed by atoms with Gasteiger partial charge in [0.2, 0.25) is 0 Å². The zero-order valence-corrected chi connectivity index (χ0v) is 6.99. The molecule has 1 saturated carbocycles. The zero-order chi connectivity index (χ0) is 8.55. The lowest BCUT2D eigenvalue weighted by Crippen LogP contribution is -2.19. The van der Waals surface area contributed by atoms with E-state index in [4.69, 9.17) is 6.11 Å². The minimum absolute atomic E-state index is 0.0682. The van der Waals surface area contributed by atoms with E-state index < -0.39 is 0 Å². The lowest BCUT2D eigenvalue weighted by Gasteiger charge is -2.21. The predicted octanol–water partition coefficient (Wildman–Crippen LogP) is 2.38. The minimum atomic E-state index is 0.0682. The van der Waals surface area contributed by atoms with Crippen LogP contribution >= 0.6 is 0 Å². The molecule has 1 fully saturated rings. The van der Waals surface area contributed by atoms with Gasteiger partial charge in [0.15, 0.2) is 0 Å². The van der Waals surface area contributed by atoms with Crippen LogP contribution in [0.15, 0.2) is 12.2 Å². The van der Waals surface area contributed by atoms with Crippen LogP contribution in [0.5, 0.6) is 0 Å². The third kappa shape index (κ3) is 1.34. The monoisotopic (exact) mass is 153 g/mol. The topological polar surface area (TPSA) is 9.23 Å². The number of rotatable bonds is 1. The van der Waals surface area contributed by atoms with Gasteiger partial charge in [-0.05, 0) is 31.6 Å². The molecule has 0 amide bonds. The second kappa shape index (κ2) is 2.98.